The lowest BCUT2D eigenvalue weighted by molar-refractivity contribution is -0.384. The maximum absolute atomic E-state index is 13.5. The van der Waals surface area contributed by atoms with Crippen LogP contribution >= 0.6 is 0 Å². The van der Waals surface area contributed by atoms with Crippen molar-refractivity contribution in [2.45, 2.75) is 6.61 Å². The Morgan fingerprint density at radius 1 is 0.816 bits per heavy atom. The zero-order valence-corrected chi connectivity index (χ0v) is 20.0. The molecule has 1 amide bonds. The Hall–Kier alpha value is -5.37. The number of nitro groups is 1. The average molecular weight is 504 g/mol. The molecule has 0 radical (unpaired) electrons. The Morgan fingerprint density at radius 2 is 1.50 bits per heavy atom. The van der Waals surface area contributed by atoms with Crippen molar-refractivity contribution in [3.05, 3.63) is 136 Å². The molecule has 0 bridgehead atoms. The highest BCUT2D eigenvalue weighted by Crippen LogP contribution is 2.26. The standard InChI is InChI=1S/C30H21N3O5/c34-29(25-18-28(21-8-2-1-3-9-21)31-26-12-6-4-10-23(25)26)32-27-13-7-5-11-24(27)30(35)38-19-20-14-16-22(17-15-20)33(36)37/h1-18H,19H2,(H,32,34). The van der Waals surface area contributed by atoms with Crippen LogP contribution in [0.1, 0.15) is 26.3 Å². The number of carbonyl (C=O) groups excluding carboxylic acids is 2. The summed E-state index contributed by atoms with van der Waals surface area (Å²) in [6, 6.07) is 31.0. The van der Waals surface area contributed by atoms with Gasteiger partial charge in [-0.2, -0.15) is 0 Å². The van der Waals surface area contributed by atoms with E-state index in [1.165, 1.54) is 24.3 Å². The molecule has 38 heavy (non-hydrogen) atoms. The van der Waals surface area contributed by atoms with Gasteiger partial charge in [0, 0.05) is 23.1 Å². The molecule has 186 valence electrons. The molecule has 1 N–H and O–H groups in total. The second-order valence-corrected chi connectivity index (χ2v) is 8.44. The number of pyridine rings is 1. The van der Waals surface area contributed by atoms with Crippen molar-refractivity contribution in [2.24, 2.45) is 0 Å². The van der Waals surface area contributed by atoms with Crippen LogP contribution in [-0.2, 0) is 11.3 Å². The van der Waals surface area contributed by atoms with E-state index in [1.54, 1.807) is 30.3 Å². The number of non-ortho nitro benzene ring substituents is 1. The van der Waals surface area contributed by atoms with Crippen LogP contribution in [0, 0.1) is 10.1 Å². The molecule has 0 saturated heterocycles. The van der Waals surface area contributed by atoms with Gasteiger partial charge in [0.25, 0.3) is 11.6 Å². The van der Waals surface area contributed by atoms with E-state index in [1.807, 2.05) is 54.6 Å². The first-order valence-corrected chi connectivity index (χ1v) is 11.8. The van der Waals surface area contributed by atoms with Crippen molar-refractivity contribution in [2.75, 3.05) is 5.32 Å². The third-order valence-electron chi connectivity index (χ3n) is 5.94. The maximum Gasteiger partial charge on any atom is 0.340 e. The lowest BCUT2D eigenvalue weighted by Gasteiger charge is -2.13. The molecule has 4 aromatic carbocycles. The van der Waals surface area contributed by atoms with Crippen LogP contribution in [0.15, 0.2) is 109 Å². The molecule has 1 aromatic heterocycles. The van der Waals surface area contributed by atoms with Gasteiger partial charge in [-0.3, -0.25) is 14.9 Å². The molecule has 5 rings (SSSR count). The Balaban J connectivity index is 1.39. The molecular weight excluding hydrogens is 482 g/mol. The molecule has 0 atom stereocenters. The average Bonchev–Trinajstić information content (AvgIpc) is 2.96. The summed E-state index contributed by atoms with van der Waals surface area (Å²) in [7, 11) is 0. The number of nitrogens with zero attached hydrogens (tertiary/aromatic N) is 2. The van der Waals surface area contributed by atoms with Gasteiger partial charge in [0.15, 0.2) is 0 Å². The molecule has 0 fully saturated rings. The Kier molecular flexibility index (Phi) is 6.86. The van der Waals surface area contributed by atoms with Gasteiger partial charge in [-0.05, 0) is 42.0 Å². The fourth-order valence-electron chi connectivity index (χ4n) is 4.02. The zero-order valence-electron chi connectivity index (χ0n) is 20.0. The monoisotopic (exact) mass is 503 g/mol. The highest BCUT2D eigenvalue weighted by atomic mass is 16.6. The summed E-state index contributed by atoms with van der Waals surface area (Å²) in [4.78, 5) is 41.5. The summed E-state index contributed by atoms with van der Waals surface area (Å²) in [5.41, 5.74) is 3.66. The van der Waals surface area contributed by atoms with Crippen LogP contribution in [0.3, 0.4) is 0 Å². The quantitative estimate of drug-likeness (QED) is 0.156. The number of carbonyl (C=O) groups is 2. The summed E-state index contributed by atoms with van der Waals surface area (Å²) in [5, 5.41) is 14.4. The van der Waals surface area contributed by atoms with Crippen LogP contribution < -0.4 is 5.32 Å². The van der Waals surface area contributed by atoms with Crippen LogP contribution in [0.4, 0.5) is 11.4 Å². The number of nitrogens with one attached hydrogen (secondary N) is 1. The minimum Gasteiger partial charge on any atom is -0.457 e. The summed E-state index contributed by atoms with van der Waals surface area (Å²) in [5.74, 6) is -1.03. The highest BCUT2D eigenvalue weighted by Gasteiger charge is 2.18. The molecule has 0 spiro atoms. The Labute approximate surface area is 217 Å². The molecule has 0 unspecified atom stereocenters. The normalized spacial score (nSPS) is 10.6. The van der Waals surface area contributed by atoms with Crippen molar-refractivity contribution in [1.29, 1.82) is 0 Å². The summed E-state index contributed by atoms with van der Waals surface area (Å²) < 4.78 is 5.42. The Bertz CT molecular complexity index is 1650. The van der Waals surface area contributed by atoms with Crippen molar-refractivity contribution < 1.29 is 19.2 Å². The van der Waals surface area contributed by atoms with E-state index in [4.69, 9.17) is 9.72 Å². The number of hydrogen-bond donors (Lipinski definition) is 1. The first-order valence-electron chi connectivity index (χ1n) is 11.8. The number of aromatic nitrogens is 1. The molecule has 8 nitrogen and oxygen atoms in total. The molecule has 0 aliphatic carbocycles. The topological polar surface area (TPSA) is 111 Å². The van der Waals surface area contributed by atoms with Gasteiger partial charge < -0.3 is 10.1 Å². The molecule has 0 aliphatic heterocycles. The van der Waals surface area contributed by atoms with E-state index in [9.17, 15) is 19.7 Å². The zero-order chi connectivity index (χ0) is 26.5. The van der Waals surface area contributed by atoms with E-state index >= 15 is 0 Å². The minimum absolute atomic E-state index is 0.0489. The van der Waals surface area contributed by atoms with Gasteiger partial charge in [0.2, 0.25) is 0 Å². The molecule has 1 heterocycles. The van der Waals surface area contributed by atoms with Crippen LogP contribution in [0.5, 0.6) is 0 Å². The smallest absolute Gasteiger partial charge is 0.340 e. The second kappa shape index (κ2) is 10.7. The number of esters is 1. The molecule has 8 heteroatoms. The van der Waals surface area contributed by atoms with Gasteiger partial charge in [0.1, 0.15) is 6.61 Å². The number of nitro benzene ring substituents is 1. The fraction of sp³-hybridized carbons (Fsp3) is 0.0333. The predicted octanol–water partition coefficient (Wildman–Crippen LogP) is 6.42. The van der Waals surface area contributed by atoms with Crippen molar-refractivity contribution in [3.63, 3.8) is 0 Å². The van der Waals surface area contributed by atoms with E-state index in [2.05, 4.69) is 5.32 Å². The molecule has 5 aromatic rings. The molecular formula is C30H21N3O5. The van der Waals surface area contributed by atoms with Crippen molar-refractivity contribution in [3.8, 4) is 11.3 Å². The van der Waals surface area contributed by atoms with Crippen molar-refractivity contribution >= 4 is 34.2 Å². The third-order valence-corrected chi connectivity index (χ3v) is 5.94. The van der Waals surface area contributed by atoms with Gasteiger partial charge >= 0.3 is 5.97 Å². The SMILES string of the molecule is O=C(OCc1ccc([N+](=O)[O-])cc1)c1ccccc1NC(=O)c1cc(-c2ccccc2)nc2ccccc12. The number of anilines is 1. The van der Waals surface area contributed by atoms with E-state index in [0.29, 0.717) is 33.4 Å². The minimum atomic E-state index is -0.635. The summed E-state index contributed by atoms with van der Waals surface area (Å²) in [6.07, 6.45) is 0. The molecule has 0 aliphatic rings. The first-order chi connectivity index (χ1) is 18.5. The van der Waals surface area contributed by atoms with Crippen LogP contribution in [-0.4, -0.2) is 21.8 Å². The largest absolute Gasteiger partial charge is 0.457 e. The number of rotatable bonds is 7. The van der Waals surface area contributed by atoms with Gasteiger partial charge in [0.05, 0.1) is 32.9 Å². The third kappa shape index (κ3) is 5.24. The number of ether oxygens (including phenoxy) is 1. The van der Waals surface area contributed by atoms with Gasteiger partial charge in [-0.15, -0.1) is 0 Å². The predicted molar refractivity (Wildman–Crippen MR) is 144 cm³/mol. The fourth-order valence-corrected chi connectivity index (χ4v) is 4.02. The number of hydrogen-bond acceptors (Lipinski definition) is 6. The lowest BCUT2D eigenvalue weighted by atomic mass is 10.0. The van der Waals surface area contributed by atoms with Gasteiger partial charge in [-0.25, -0.2) is 9.78 Å². The first kappa shape index (κ1) is 24.3. The maximum atomic E-state index is 13.5. The van der Waals surface area contributed by atoms with Gasteiger partial charge in [-0.1, -0.05) is 60.7 Å². The van der Waals surface area contributed by atoms with Crippen LogP contribution in [0.2, 0.25) is 0 Å². The number of fused-ring (bicyclic) bond motifs is 1. The summed E-state index contributed by atoms with van der Waals surface area (Å²) >= 11 is 0. The van der Waals surface area contributed by atoms with E-state index in [-0.39, 0.29) is 17.9 Å². The van der Waals surface area contributed by atoms with E-state index < -0.39 is 16.8 Å². The summed E-state index contributed by atoms with van der Waals surface area (Å²) in [6.45, 7) is -0.0749. The number of benzene rings is 4. The van der Waals surface area contributed by atoms with E-state index in [0.717, 1.165) is 5.56 Å². The number of amides is 1. The number of para-hydroxylation sites is 2. The molecule has 0 saturated carbocycles. The highest BCUT2D eigenvalue weighted by molar-refractivity contribution is 6.14. The van der Waals surface area contributed by atoms with Crippen LogP contribution in [0.25, 0.3) is 22.2 Å². The van der Waals surface area contributed by atoms with Crippen molar-refractivity contribution in [1.82, 2.24) is 4.98 Å². The second-order valence-electron chi connectivity index (χ2n) is 8.44. The Morgan fingerprint density at radius 3 is 2.26 bits per heavy atom. The lowest BCUT2D eigenvalue weighted by Crippen LogP contribution is -2.16.